The van der Waals surface area contributed by atoms with Crippen LogP contribution in [-0.2, 0) is 6.54 Å². The molecule has 2 nitrogen and oxygen atoms in total. The summed E-state index contributed by atoms with van der Waals surface area (Å²) in [5.74, 6) is 0.000263. The van der Waals surface area contributed by atoms with E-state index in [1.807, 2.05) is 12.1 Å². The molecule has 112 valence electrons. The first-order valence-corrected chi connectivity index (χ1v) is 6.96. The molecule has 0 spiro atoms. The number of benzene rings is 2. The van der Waals surface area contributed by atoms with E-state index in [2.05, 4.69) is 19.2 Å². The van der Waals surface area contributed by atoms with Crippen LogP contribution in [0.25, 0.3) is 0 Å². The molecular weight excluding hydrogens is 272 g/mol. The molecule has 0 radical (unpaired) electrons. The summed E-state index contributed by atoms with van der Waals surface area (Å²) in [7, 11) is 0. The number of ether oxygens (including phenoxy) is 1. The SMILES string of the molecule is CC(C)CNCc1ccc(Oc2cc(F)cc(F)c2)cc1. The molecule has 0 aliphatic rings. The predicted molar refractivity (Wildman–Crippen MR) is 79.4 cm³/mol. The van der Waals surface area contributed by atoms with Gasteiger partial charge in [-0.15, -0.1) is 0 Å². The largest absolute Gasteiger partial charge is 0.457 e. The summed E-state index contributed by atoms with van der Waals surface area (Å²) < 4.78 is 31.6. The van der Waals surface area contributed by atoms with Gasteiger partial charge in [-0.05, 0) is 30.2 Å². The van der Waals surface area contributed by atoms with E-state index in [9.17, 15) is 8.78 Å². The quantitative estimate of drug-likeness (QED) is 0.846. The van der Waals surface area contributed by atoms with Gasteiger partial charge in [-0.25, -0.2) is 8.78 Å². The van der Waals surface area contributed by atoms with E-state index in [4.69, 9.17) is 4.74 Å². The minimum atomic E-state index is -0.653. The molecule has 2 rings (SSSR count). The Morgan fingerprint density at radius 1 is 0.952 bits per heavy atom. The smallest absolute Gasteiger partial charge is 0.133 e. The van der Waals surface area contributed by atoms with E-state index in [1.54, 1.807) is 12.1 Å². The minimum absolute atomic E-state index is 0.151. The summed E-state index contributed by atoms with van der Waals surface area (Å²) in [6, 6.07) is 10.6. The molecule has 2 aromatic rings. The summed E-state index contributed by atoms with van der Waals surface area (Å²) >= 11 is 0. The average Bonchev–Trinajstić information content (AvgIpc) is 2.39. The number of rotatable bonds is 6. The molecule has 4 heteroatoms. The molecule has 0 heterocycles. The normalized spacial score (nSPS) is 10.9. The van der Waals surface area contributed by atoms with E-state index in [0.29, 0.717) is 11.7 Å². The molecule has 0 aliphatic carbocycles. The van der Waals surface area contributed by atoms with Gasteiger partial charge in [0.05, 0.1) is 0 Å². The van der Waals surface area contributed by atoms with Crippen molar-refractivity contribution >= 4 is 0 Å². The van der Waals surface area contributed by atoms with Crippen molar-refractivity contribution in [1.29, 1.82) is 0 Å². The van der Waals surface area contributed by atoms with Gasteiger partial charge in [0.25, 0.3) is 0 Å². The van der Waals surface area contributed by atoms with Crippen LogP contribution >= 0.6 is 0 Å². The second kappa shape index (κ2) is 7.18. The summed E-state index contributed by atoms with van der Waals surface area (Å²) in [6.07, 6.45) is 0. The van der Waals surface area contributed by atoms with E-state index in [1.165, 1.54) is 0 Å². The zero-order valence-corrected chi connectivity index (χ0v) is 12.2. The van der Waals surface area contributed by atoms with Crippen molar-refractivity contribution in [2.45, 2.75) is 20.4 Å². The van der Waals surface area contributed by atoms with Crippen LogP contribution in [0, 0.1) is 17.6 Å². The molecule has 0 bridgehead atoms. The third-order valence-electron chi connectivity index (χ3n) is 2.88. The van der Waals surface area contributed by atoms with Crippen molar-refractivity contribution in [2.24, 2.45) is 5.92 Å². The molecule has 0 unspecified atom stereocenters. The molecule has 1 N–H and O–H groups in total. The Bertz CT molecular complexity index is 562. The van der Waals surface area contributed by atoms with Gasteiger partial charge in [-0.1, -0.05) is 26.0 Å². The zero-order chi connectivity index (χ0) is 15.2. The number of hydrogen-bond acceptors (Lipinski definition) is 2. The third kappa shape index (κ3) is 5.16. The Labute approximate surface area is 123 Å². The van der Waals surface area contributed by atoms with Crippen molar-refractivity contribution in [3.63, 3.8) is 0 Å². The number of hydrogen-bond donors (Lipinski definition) is 1. The highest BCUT2D eigenvalue weighted by molar-refractivity contribution is 5.33. The fourth-order valence-corrected chi connectivity index (χ4v) is 1.90. The topological polar surface area (TPSA) is 21.3 Å². The van der Waals surface area contributed by atoms with Gasteiger partial charge in [-0.3, -0.25) is 0 Å². The Morgan fingerprint density at radius 3 is 2.14 bits per heavy atom. The summed E-state index contributed by atoms with van der Waals surface area (Å²) in [4.78, 5) is 0. The molecule has 0 atom stereocenters. The summed E-state index contributed by atoms with van der Waals surface area (Å²) in [5.41, 5.74) is 1.13. The van der Waals surface area contributed by atoms with Gasteiger partial charge in [-0.2, -0.15) is 0 Å². The van der Waals surface area contributed by atoms with Crippen LogP contribution in [-0.4, -0.2) is 6.54 Å². The average molecular weight is 291 g/mol. The van der Waals surface area contributed by atoms with Crippen LogP contribution in [0.1, 0.15) is 19.4 Å². The van der Waals surface area contributed by atoms with Crippen LogP contribution in [0.4, 0.5) is 8.78 Å². The Balaban J connectivity index is 1.95. The molecule has 0 fully saturated rings. The Kier molecular flexibility index (Phi) is 5.28. The highest BCUT2D eigenvalue weighted by Crippen LogP contribution is 2.23. The Morgan fingerprint density at radius 2 is 1.57 bits per heavy atom. The molecule has 2 aromatic carbocycles. The van der Waals surface area contributed by atoms with E-state index in [-0.39, 0.29) is 5.75 Å². The van der Waals surface area contributed by atoms with Gasteiger partial charge < -0.3 is 10.1 Å². The first-order chi connectivity index (χ1) is 10.0. The fraction of sp³-hybridized carbons (Fsp3) is 0.294. The van der Waals surface area contributed by atoms with Crippen LogP contribution in [0.15, 0.2) is 42.5 Å². The summed E-state index contributed by atoms with van der Waals surface area (Å²) in [5, 5.41) is 3.35. The third-order valence-corrected chi connectivity index (χ3v) is 2.88. The van der Waals surface area contributed by atoms with E-state index in [0.717, 1.165) is 36.9 Å². The first-order valence-electron chi connectivity index (χ1n) is 6.96. The van der Waals surface area contributed by atoms with Gasteiger partial charge in [0.15, 0.2) is 0 Å². The van der Waals surface area contributed by atoms with Crippen molar-refractivity contribution < 1.29 is 13.5 Å². The maximum absolute atomic E-state index is 13.1. The lowest BCUT2D eigenvalue weighted by Gasteiger charge is -2.09. The molecule has 0 saturated heterocycles. The lowest BCUT2D eigenvalue weighted by Crippen LogP contribution is -2.18. The second-order valence-electron chi connectivity index (χ2n) is 5.38. The van der Waals surface area contributed by atoms with Gasteiger partial charge in [0, 0.05) is 24.7 Å². The Hall–Kier alpha value is -1.94. The van der Waals surface area contributed by atoms with Crippen LogP contribution < -0.4 is 10.1 Å². The van der Waals surface area contributed by atoms with Crippen LogP contribution in [0.2, 0.25) is 0 Å². The lowest BCUT2D eigenvalue weighted by molar-refractivity contribution is 0.468. The van der Waals surface area contributed by atoms with Crippen LogP contribution in [0.3, 0.4) is 0 Å². The van der Waals surface area contributed by atoms with Gasteiger partial charge in [0.2, 0.25) is 0 Å². The van der Waals surface area contributed by atoms with Crippen molar-refractivity contribution in [3.05, 3.63) is 59.7 Å². The molecule has 0 amide bonds. The molecular formula is C17H19F2NO. The molecule has 0 saturated carbocycles. The maximum Gasteiger partial charge on any atom is 0.133 e. The van der Waals surface area contributed by atoms with Gasteiger partial charge >= 0.3 is 0 Å². The van der Waals surface area contributed by atoms with Crippen molar-refractivity contribution in [2.75, 3.05) is 6.54 Å². The number of halogens is 2. The van der Waals surface area contributed by atoms with Gasteiger partial charge in [0.1, 0.15) is 23.1 Å². The predicted octanol–water partition coefficient (Wildman–Crippen LogP) is 4.50. The maximum atomic E-state index is 13.1. The molecule has 21 heavy (non-hydrogen) atoms. The standard InChI is InChI=1S/C17H19F2NO/c1-12(2)10-20-11-13-3-5-16(6-4-13)21-17-8-14(18)7-15(19)9-17/h3-9,12,20H,10-11H2,1-2H3. The molecule has 0 aliphatic heterocycles. The summed E-state index contributed by atoms with van der Waals surface area (Å²) in [6.45, 7) is 6.05. The van der Waals surface area contributed by atoms with Crippen LogP contribution in [0.5, 0.6) is 11.5 Å². The number of nitrogens with one attached hydrogen (secondary N) is 1. The van der Waals surface area contributed by atoms with E-state index >= 15 is 0 Å². The minimum Gasteiger partial charge on any atom is -0.457 e. The fourth-order valence-electron chi connectivity index (χ4n) is 1.90. The lowest BCUT2D eigenvalue weighted by atomic mass is 10.2. The van der Waals surface area contributed by atoms with Crippen molar-refractivity contribution in [3.8, 4) is 11.5 Å². The van der Waals surface area contributed by atoms with E-state index < -0.39 is 11.6 Å². The second-order valence-corrected chi connectivity index (χ2v) is 5.38. The van der Waals surface area contributed by atoms with Crippen molar-refractivity contribution in [1.82, 2.24) is 5.32 Å². The highest BCUT2D eigenvalue weighted by Gasteiger charge is 2.03. The highest BCUT2D eigenvalue weighted by atomic mass is 19.1. The molecule has 0 aromatic heterocycles. The zero-order valence-electron chi connectivity index (χ0n) is 12.2. The first kappa shape index (κ1) is 15.4. The monoisotopic (exact) mass is 291 g/mol.